The molecule has 0 amide bonds. The average Bonchev–Trinajstić information content (AvgIpc) is 0.681. The largest absolute Gasteiger partial charge is 0.546 e. The zero-order valence-corrected chi connectivity index (χ0v) is 61.0. The van der Waals surface area contributed by atoms with Gasteiger partial charge in [0, 0.05) is 46.3 Å². The lowest BCUT2D eigenvalue weighted by atomic mass is 9.82. The lowest BCUT2D eigenvalue weighted by molar-refractivity contribution is -0.451. The topological polar surface area (TPSA) is 122 Å². The number of benzene rings is 12. The van der Waals surface area contributed by atoms with E-state index in [9.17, 15) is 4.79 Å². The normalized spacial score (nSPS) is 17.2. The summed E-state index contributed by atoms with van der Waals surface area (Å²) >= 11 is 0. The van der Waals surface area contributed by atoms with Crippen LogP contribution in [0.4, 0.5) is 0 Å². The second kappa shape index (κ2) is 31.0. The molecule has 12 aromatic rings. The number of esters is 1. The van der Waals surface area contributed by atoms with Crippen molar-refractivity contribution < 1.29 is 46.6 Å². The van der Waals surface area contributed by atoms with E-state index in [4.69, 9.17) is 31.6 Å². The summed E-state index contributed by atoms with van der Waals surface area (Å²) in [5.74, 6) is -9.49. The Hall–Kier alpha value is -9.77. The van der Waals surface area contributed by atoms with Gasteiger partial charge in [0.15, 0.2) is 36.8 Å². The van der Waals surface area contributed by atoms with Gasteiger partial charge < -0.3 is 41.8 Å². The van der Waals surface area contributed by atoms with Crippen molar-refractivity contribution >= 4 is 54.8 Å². The molecule has 0 spiro atoms. The quantitative estimate of drug-likeness (QED) is 0.0292. The fraction of sp³-hybridized carbons (Fsp3) is 0.110. The second-order valence-corrected chi connectivity index (χ2v) is 31.5. The van der Waals surface area contributed by atoms with E-state index in [1.165, 1.54) is 6.92 Å². The van der Waals surface area contributed by atoms with Gasteiger partial charge in [-0.15, -0.1) is 0 Å². The molecule has 0 aromatic heterocycles. The Kier molecular flexibility index (Phi) is 21.0. The summed E-state index contributed by atoms with van der Waals surface area (Å²) in [6.45, 7) is 1.21. The summed E-state index contributed by atoms with van der Waals surface area (Å²) in [6, 6.07) is 113. The van der Waals surface area contributed by atoms with Crippen LogP contribution in [0.15, 0.2) is 340 Å². The van der Waals surface area contributed by atoms with E-state index in [2.05, 4.69) is 97.1 Å². The highest BCUT2D eigenvalue weighted by Crippen LogP contribution is 2.62. The van der Waals surface area contributed by atoms with Gasteiger partial charge in [-0.3, -0.25) is 4.79 Å². The molecule has 10 nitrogen and oxygen atoms in total. The molecule has 0 saturated carbocycles. The molecule has 3 unspecified atom stereocenters. The van der Waals surface area contributed by atoms with Gasteiger partial charge in [0.05, 0.1) is 0 Å². The van der Waals surface area contributed by atoms with Crippen LogP contribution >= 0.6 is 0 Å². The summed E-state index contributed by atoms with van der Waals surface area (Å²) in [7, 11) is -10.1. The summed E-state index contributed by atoms with van der Waals surface area (Å²) in [4.78, 5) is 14.8. The highest BCUT2D eigenvalue weighted by Gasteiger charge is 2.75. The van der Waals surface area contributed by atoms with Crippen LogP contribution in [0.2, 0.25) is 0 Å². The van der Waals surface area contributed by atoms with Crippen molar-refractivity contribution in [3.8, 4) is 23.0 Å². The smallest absolute Gasteiger partial charge is 0.306 e. The van der Waals surface area contributed by atoms with Crippen LogP contribution in [0.1, 0.15) is 101 Å². The molecule has 484 valence electrons. The van der Waals surface area contributed by atoms with Crippen LogP contribution in [-0.4, -0.2) is 70.8 Å². The van der Waals surface area contributed by atoms with E-state index in [1.54, 1.807) is 18.2 Å². The first-order chi connectivity index (χ1) is 47.7. The van der Waals surface area contributed by atoms with E-state index in [-0.39, 0.29) is 56.3 Å². The van der Waals surface area contributed by atoms with Gasteiger partial charge in [-0.2, -0.15) is 0 Å². The molecular weight excluding hydrogens is 1290 g/mol. The monoisotopic (exact) mass is 1360 g/mol. The van der Waals surface area contributed by atoms with E-state index in [1.807, 2.05) is 224 Å². The van der Waals surface area contributed by atoms with Gasteiger partial charge in [-0.05, 0) is 55.6 Å². The van der Waals surface area contributed by atoms with E-state index < -0.39 is 77.7 Å². The predicted octanol–water partition coefficient (Wildman–Crippen LogP) is 12.9. The van der Waals surface area contributed by atoms with Gasteiger partial charge >= 0.3 is 11.8 Å². The Bertz CT molecular complexity index is 4240. The molecule has 0 bridgehead atoms. The van der Waals surface area contributed by atoms with Gasteiger partial charge in [0.25, 0.3) is 11.6 Å². The zero-order valence-electron chi connectivity index (χ0n) is 53.9. The Morgan fingerprint density at radius 2 is 0.598 bits per heavy atom. The van der Waals surface area contributed by atoms with Crippen LogP contribution in [0.25, 0.3) is 0 Å². The third-order valence-electron chi connectivity index (χ3n) is 18.2. The molecule has 2 N–H and O–H groups in total. The third-order valence-corrected chi connectivity index (χ3v) is 27.2. The second-order valence-electron chi connectivity index (χ2n) is 24.3. The number of carbonyl (C=O) groups is 1. The maximum Gasteiger partial charge on any atom is 0.306 e. The number of hydrogen-bond donors (Lipinski definition) is 2. The van der Waals surface area contributed by atoms with Crippen molar-refractivity contribution in [3.05, 3.63) is 406 Å². The van der Waals surface area contributed by atoms with Crippen molar-refractivity contribution in [3.63, 3.8) is 0 Å². The molecule has 1 aliphatic rings. The van der Waals surface area contributed by atoms with Gasteiger partial charge in [0.1, 0.15) is 11.3 Å². The van der Waals surface area contributed by atoms with Gasteiger partial charge in [-0.25, -0.2) is 0 Å². The first-order valence-electron chi connectivity index (χ1n) is 33.0. The molecule has 15 heteroatoms. The number of carbonyl (C=O) groups excluding carboxylic acids is 1. The lowest BCUT2D eigenvalue weighted by Gasteiger charge is -2.56. The molecule has 0 radical (unpaired) electrons. The van der Waals surface area contributed by atoms with Crippen LogP contribution in [0.3, 0.4) is 0 Å². The SMILES string of the molecule is CC(=O)OC1(O)c2c(cc(O[SiH2]C(c3ccccc3)c3ccccc3)c(O[SiH2]C(c3ccccc3)c3ccccc3)c2O[SiH2]C(c2ccccc2)c2ccccc2)OC(O[SiH2]C(c2ccccc2)c2ccccc2)(c2ccccc2)C1(O)O[SiH2]C(c1ccccc1)c1ccccc1. The molecule has 0 fully saturated rings. The number of fused-ring (bicyclic) bond motifs is 1. The molecule has 0 saturated heterocycles. The predicted molar refractivity (Wildman–Crippen MR) is 396 cm³/mol. The third kappa shape index (κ3) is 14.5. The lowest BCUT2D eigenvalue weighted by Crippen LogP contribution is -2.73. The molecule has 1 heterocycles. The van der Waals surface area contributed by atoms with Crippen molar-refractivity contribution in [2.45, 2.75) is 52.0 Å². The Labute approximate surface area is 579 Å². The van der Waals surface area contributed by atoms with E-state index in [0.717, 1.165) is 55.6 Å². The first-order valence-corrected chi connectivity index (χ1v) is 39.9. The highest BCUT2D eigenvalue weighted by atomic mass is 28.2. The molecular formula is C82H76O10Si5. The maximum absolute atomic E-state index is 15.3. The molecule has 3 atom stereocenters. The first kappa shape index (κ1) is 65.9. The number of aliphatic hydroxyl groups is 2. The number of rotatable bonds is 27. The Morgan fingerprint density at radius 1 is 0.340 bits per heavy atom. The van der Waals surface area contributed by atoms with E-state index in [0.29, 0.717) is 0 Å². The molecule has 97 heavy (non-hydrogen) atoms. The average molecular weight is 1360 g/mol. The number of hydrogen-bond acceptors (Lipinski definition) is 10. The fourth-order valence-electron chi connectivity index (χ4n) is 13.3. The van der Waals surface area contributed by atoms with Crippen molar-refractivity contribution in [1.29, 1.82) is 0 Å². The summed E-state index contributed by atoms with van der Waals surface area (Å²) < 4.78 is 52.8. The van der Waals surface area contributed by atoms with Crippen LogP contribution in [-0.2, 0) is 30.0 Å². The Balaban J connectivity index is 1.09. The van der Waals surface area contributed by atoms with Crippen LogP contribution in [0, 0.1) is 0 Å². The van der Waals surface area contributed by atoms with Crippen molar-refractivity contribution in [2.24, 2.45) is 0 Å². The van der Waals surface area contributed by atoms with Gasteiger partial charge in [0.2, 0.25) is 29.3 Å². The molecule has 13 rings (SSSR count). The molecule has 0 aliphatic carbocycles. The summed E-state index contributed by atoms with van der Waals surface area (Å²) in [5.41, 5.74) is 8.61. The highest BCUT2D eigenvalue weighted by molar-refractivity contribution is 6.35. The Morgan fingerprint density at radius 3 is 0.897 bits per heavy atom. The standard InChI is InChI=1S/C82H76O10Si5/c1-58(83)86-80(84)72-70(87-81(69-55-33-12-34-56-69,91-96-78(65-47-25-8-26-48-65)66-49-27-9-28-50-66)82(80,85)92-97-79(67-51-29-10-30-52-67)68-53-31-11-32-54-68)57-71(88-93-75(59-35-13-2-14-36-59)60-37-15-3-16-38-60)73(89-94-76(61-39-17-4-18-40-61)62-41-19-5-20-42-62)74(72)90-95-77(63-43-21-6-22-44-63)64-45-23-7-24-46-64/h2-57,75-79,84-85H,93-97H2,1H3. The van der Waals surface area contributed by atoms with Crippen LogP contribution < -0.4 is 18.0 Å². The van der Waals surface area contributed by atoms with Gasteiger partial charge in [-0.1, -0.05) is 334 Å². The minimum Gasteiger partial charge on any atom is -0.546 e. The summed E-state index contributed by atoms with van der Waals surface area (Å²) in [5, 5.41) is 30.4. The number of ether oxygens (including phenoxy) is 2. The fourth-order valence-corrected chi connectivity index (χ4v) is 21.4. The van der Waals surface area contributed by atoms with Crippen molar-refractivity contribution in [1.82, 2.24) is 0 Å². The minimum absolute atomic E-state index is 0.0196. The minimum atomic E-state index is -3.24. The van der Waals surface area contributed by atoms with Crippen molar-refractivity contribution in [2.75, 3.05) is 0 Å². The maximum atomic E-state index is 15.3. The van der Waals surface area contributed by atoms with Crippen LogP contribution in [0.5, 0.6) is 23.0 Å². The van der Waals surface area contributed by atoms with E-state index >= 15 is 10.2 Å². The molecule has 12 aromatic carbocycles. The molecule has 1 aliphatic heterocycles. The zero-order chi connectivity index (χ0) is 66.3. The summed E-state index contributed by atoms with van der Waals surface area (Å²) in [6.07, 6.45) is 0.